The van der Waals surface area contributed by atoms with Gasteiger partial charge < -0.3 is 0 Å². The SMILES string of the molecule is [2H]c1nc2c(C([2H])([2H])[2H])cccn2c(=O)c1-c1nnn[nH]1. The maximum absolute atomic E-state index is 12.4. The molecule has 0 atom stereocenters. The van der Waals surface area contributed by atoms with Crippen LogP contribution in [-0.4, -0.2) is 30.0 Å². The summed E-state index contributed by atoms with van der Waals surface area (Å²) >= 11 is 0. The number of pyridine rings is 1. The summed E-state index contributed by atoms with van der Waals surface area (Å²) in [6.07, 6.45) is 0.988. The molecule has 0 aromatic carbocycles. The van der Waals surface area contributed by atoms with Gasteiger partial charge in [-0.3, -0.25) is 9.20 Å². The Morgan fingerprint density at radius 3 is 3.29 bits per heavy atom. The van der Waals surface area contributed by atoms with Gasteiger partial charge in [-0.05, 0) is 28.9 Å². The van der Waals surface area contributed by atoms with Gasteiger partial charge in [0, 0.05) is 16.5 Å². The molecule has 0 radical (unpaired) electrons. The van der Waals surface area contributed by atoms with Crippen LogP contribution in [0, 0.1) is 6.85 Å². The van der Waals surface area contributed by atoms with E-state index in [4.69, 9.17) is 5.48 Å². The number of rotatable bonds is 1. The van der Waals surface area contributed by atoms with Gasteiger partial charge in [-0.15, -0.1) is 5.10 Å². The second-order valence-electron chi connectivity index (χ2n) is 3.27. The number of tetrazole rings is 1. The van der Waals surface area contributed by atoms with E-state index >= 15 is 0 Å². The maximum atomic E-state index is 12.4. The van der Waals surface area contributed by atoms with E-state index in [-0.39, 0.29) is 22.6 Å². The van der Waals surface area contributed by atoms with Crippen molar-refractivity contribution in [1.29, 1.82) is 0 Å². The highest BCUT2D eigenvalue weighted by molar-refractivity contribution is 5.55. The van der Waals surface area contributed by atoms with Crippen molar-refractivity contribution in [2.45, 2.75) is 6.85 Å². The summed E-state index contributed by atoms with van der Waals surface area (Å²) in [5.74, 6) is 0.00573. The average molecular weight is 232 g/mol. The topological polar surface area (TPSA) is 88.8 Å². The smallest absolute Gasteiger partial charge is 0.268 e. The number of aromatic nitrogens is 6. The summed E-state index contributed by atoms with van der Waals surface area (Å²) in [4.78, 5) is 16.3. The van der Waals surface area contributed by atoms with Gasteiger partial charge in [0.2, 0.25) is 0 Å². The fraction of sp³-hybridized carbons (Fsp3) is 0.100. The fourth-order valence-electron chi connectivity index (χ4n) is 1.47. The van der Waals surface area contributed by atoms with E-state index in [0.29, 0.717) is 0 Å². The van der Waals surface area contributed by atoms with Crippen molar-refractivity contribution in [2.24, 2.45) is 0 Å². The van der Waals surface area contributed by atoms with Crippen molar-refractivity contribution in [3.63, 3.8) is 0 Å². The van der Waals surface area contributed by atoms with E-state index in [1.165, 1.54) is 18.3 Å². The molecule has 84 valence electrons. The van der Waals surface area contributed by atoms with Crippen molar-refractivity contribution in [2.75, 3.05) is 0 Å². The lowest BCUT2D eigenvalue weighted by atomic mass is 10.2. The third kappa shape index (κ3) is 1.40. The molecule has 17 heavy (non-hydrogen) atoms. The number of hydrogen-bond donors (Lipinski definition) is 1. The lowest BCUT2D eigenvalue weighted by Crippen LogP contribution is -2.17. The van der Waals surface area contributed by atoms with Crippen molar-refractivity contribution in [3.8, 4) is 11.4 Å². The summed E-state index contributed by atoms with van der Waals surface area (Å²) in [7, 11) is 0. The van der Waals surface area contributed by atoms with Crippen molar-refractivity contribution >= 4 is 5.65 Å². The van der Waals surface area contributed by atoms with Crippen LogP contribution in [0.1, 0.15) is 11.0 Å². The van der Waals surface area contributed by atoms with Crippen LogP contribution < -0.4 is 5.56 Å². The zero-order valence-electron chi connectivity index (χ0n) is 12.4. The van der Waals surface area contributed by atoms with E-state index in [1.807, 2.05) is 0 Å². The first-order chi connectivity index (χ1) is 9.89. The van der Waals surface area contributed by atoms with Crippen LogP contribution >= 0.6 is 0 Å². The van der Waals surface area contributed by atoms with Crippen LogP contribution in [-0.2, 0) is 0 Å². The van der Waals surface area contributed by atoms with Gasteiger partial charge in [0.15, 0.2) is 5.82 Å². The third-order valence-electron chi connectivity index (χ3n) is 2.26. The Bertz CT molecular complexity index is 870. The summed E-state index contributed by atoms with van der Waals surface area (Å²) in [5.41, 5.74) is -0.920. The molecule has 3 heterocycles. The van der Waals surface area contributed by atoms with Crippen molar-refractivity contribution in [3.05, 3.63) is 40.4 Å². The molecular formula is C10H8N6O. The Morgan fingerprint density at radius 2 is 2.53 bits per heavy atom. The van der Waals surface area contributed by atoms with Crippen LogP contribution in [0.4, 0.5) is 0 Å². The van der Waals surface area contributed by atoms with Crippen LogP contribution in [0.5, 0.6) is 0 Å². The molecule has 7 heteroatoms. The van der Waals surface area contributed by atoms with Crippen molar-refractivity contribution in [1.82, 2.24) is 30.0 Å². The van der Waals surface area contributed by atoms with Crippen LogP contribution in [0.2, 0.25) is 0 Å². The quantitative estimate of drug-likeness (QED) is 0.646. The molecule has 1 N–H and O–H groups in total. The van der Waals surface area contributed by atoms with E-state index in [2.05, 4.69) is 25.6 Å². The zero-order valence-corrected chi connectivity index (χ0v) is 8.38. The zero-order chi connectivity index (χ0) is 15.2. The molecule has 0 fully saturated rings. The number of nitrogens with zero attached hydrogens (tertiary/aromatic N) is 5. The highest BCUT2D eigenvalue weighted by Gasteiger charge is 2.10. The third-order valence-corrected chi connectivity index (χ3v) is 2.26. The molecule has 0 spiro atoms. The fourth-order valence-corrected chi connectivity index (χ4v) is 1.47. The first kappa shape index (κ1) is 6.24. The van der Waals surface area contributed by atoms with Gasteiger partial charge >= 0.3 is 0 Å². The Kier molecular flexibility index (Phi) is 1.28. The lowest BCUT2D eigenvalue weighted by molar-refractivity contribution is 0.881. The number of nitrogens with one attached hydrogen (secondary N) is 1. The largest absolute Gasteiger partial charge is 0.269 e. The van der Waals surface area contributed by atoms with Gasteiger partial charge in [-0.2, -0.15) is 0 Å². The molecule has 0 aliphatic heterocycles. The Hall–Kier alpha value is -2.57. The van der Waals surface area contributed by atoms with Gasteiger partial charge in [0.25, 0.3) is 5.56 Å². The first-order valence-corrected chi connectivity index (χ1v) is 4.66. The lowest BCUT2D eigenvalue weighted by Gasteiger charge is -2.03. The van der Waals surface area contributed by atoms with E-state index in [9.17, 15) is 4.79 Å². The van der Waals surface area contributed by atoms with Gasteiger partial charge in [0.1, 0.15) is 11.2 Å². The minimum atomic E-state index is -2.44. The molecule has 3 rings (SSSR count). The molecule has 0 saturated heterocycles. The van der Waals surface area contributed by atoms with Crippen LogP contribution in [0.25, 0.3) is 17.0 Å². The Balaban J connectivity index is 2.41. The summed E-state index contributed by atoms with van der Waals surface area (Å²) in [5, 5.41) is 12.7. The molecule has 0 aliphatic rings. The normalized spacial score (nSPS) is 15.1. The van der Waals surface area contributed by atoms with Crippen LogP contribution in [0.15, 0.2) is 29.3 Å². The molecule has 3 aromatic heterocycles. The minimum absolute atomic E-state index is 0.00573. The van der Waals surface area contributed by atoms with Gasteiger partial charge in [-0.1, -0.05) is 6.07 Å². The molecule has 0 aliphatic carbocycles. The molecule has 0 unspecified atom stereocenters. The second-order valence-corrected chi connectivity index (χ2v) is 3.27. The Labute approximate surface area is 101 Å². The Morgan fingerprint density at radius 1 is 1.59 bits per heavy atom. The van der Waals surface area contributed by atoms with Gasteiger partial charge in [-0.25, -0.2) is 10.1 Å². The average Bonchev–Trinajstić information content (AvgIpc) is 2.90. The number of fused-ring (bicyclic) bond motifs is 1. The predicted molar refractivity (Wildman–Crippen MR) is 59.4 cm³/mol. The molecule has 0 bridgehead atoms. The second kappa shape index (κ2) is 3.48. The number of hydrogen-bond acceptors (Lipinski definition) is 5. The van der Waals surface area contributed by atoms with Crippen LogP contribution in [0.3, 0.4) is 0 Å². The molecule has 7 nitrogen and oxygen atoms in total. The minimum Gasteiger partial charge on any atom is -0.268 e. The molecular weight excluding hydrogens is 220 g/mol. The summed E-state index contributed by atoms with van der Waals surface area (Å²) < 4.78 is 31.3. The van der Waals surface area contributed by atoms with E-state index < -0.39 is 18.6 Å². The standard InChI is InChI=1S/C10H8N6O/c1-6-3-2-4-16-9(6)11-5-7(10(16)17)8-12-14-15-13-8/h2-5H,1H3,(H,12,13,14,15)/i1D3,5D. The van der Waals surface area contributed by atoms with Gasteiger partial charge in [0.05, 0.1) is 1.37 Å². The van der Waals surface area contributed by atoms with Crippen molar-refractivity contribution < 1.29 is 5.48 Å². The maximum Gasteiger partial charge on any atom is 0.269 e. The number of H-pyrrole nitrogens is 1. The highest BCUT2D eigenvalue weighted by atomic mass is 16.1. The monoisotopic (exact) mass is 232 g/mol. The molecule has 0 amide bonds. The first-order valence-electron chi connectivity index (χ1n) is 6.66. The number of aromatic amines is 1. The number of aryl methyl sites for hydroxylation is 1. The summed E-state index contributed by atoms with van der Waals surface area (Å²) in [6.45, 7) is -2.44. The predicted octanol–water partition coefficient (Wildman–Crippen LogP) is 0.183. The highest BCUT2D eigenvalue weighted by Crippen LogP contribution is 2.09. The summed E-state index contributed by atoms with van der Waals surface area (Å²) in [6, 6.07) is 2.79. The van der Waals surface area contributed by atoms with E-state index in [1.54, 1.807) is 0 Å². The molecule has 0 saturated carbocycles. The molecule has 3 aromatic rings. The van der Waals surface area contributed by atoms with E-state index in [0.717, 1.165) is 4.40 Å².